The average Bonchev–Trinajstić information content (AvgIpc) is 3.76. The highest BCUT2D eigenvalue weighted by Crippen LogP contribution is 2.39. The standard InChI is InChI=1S/C42H26N2S/c1-4-13-37-31(10-1)32-19-16-28(24-38(32)43-37)27-18-21-40-36(23-27)33-11-2-5-14-39(33)44(40)30-9-7-8-26(22-30)29-17-20-35-34-12-3-6-15-41(34)45-42(35)25-29/h1-25,43H. The maximum absolute atomic E-state index is 3.61. The third-order valence-electron chi connectivity index (χ3n) is 9.33. The van der Waals surface area contributed by atoms with E-state index in [1.165, 1.54) is 91.7 Å². The number of aromatic amines is 1. The number of hydrogen-bond acceptors (Lipinski definition) is 1. The molecule has 0 bridgehead atoms. The second-order valence-corrected chi connectivity index (χ2v) is 13.0. The number of para-hydroxylation sites is 2. The van der Waals surface area contributed by atoms with Crippen LogP contribution in [0.4, 0.5) is 0 Å². The number of hydrogen-bond donors (Lipinski definition) is 1. The van der Waals surface area contributed by atoms with Gasteiger partial charge in [0.25, 0.3) is 0 Å². The lowest BCUT2D eigenvalue weighted by atomic mass is 10.0. The van der Waals surface area contributed by atoms with E-state index in [4.69, 9.17) is 0 Å². The normalized spacial score (nSPS) is 12.0. The first kappa shape index (κ1) is 24.8. The molecule has 0 aliphatic heterocycles. The molecule has 0 aliphatic carbocycles. The fourth-order valence-electron chi connectivity index (χ4n) is 7.19. The van der Waals surface area contributed by atoms with Crippen molar-refractivity contribution in [1.29, 1.82) is 0 Å². The first-order valence-corrected chi connectivity index (χ1v) is 16.2. The summed E-state index contributed by atoms with van der Waals surface area (Å²) in [5, 5.41) is 7.72. The molecule has 0 atom stereocenters. The van der Waals surface area contributed by atoms with Crippen LogP contribution in [-0.2, 0) is 0 Å². The molecule has 0 unspecified atom stereocenters. The summed E-state index contributed by atoms with van der Waals surface area (Å²) in [7, 11) is 0. The highest BCUT2D eigenvalue weighted by molar-refractivity contribution is 7.25. The van der Waals surface area contributed by atoms with Gasteiger partial charge in [0.15, 0.2) is 0 Å². The Labute approximate surface area is 263 Å². The van der Waals surface area contributed by atoms with Crippen molar-refractivity contribution < 1.29 is 0 Å². The van der Waals surface area contributed by atoms with Crippen molar-refractivity contribution in [3.63, 3.8) is 0 Å². The molecule has 3 aromatic heterocycles. The van der Waals surface area contributed by atoms with Crippen LogP contribution < -0.4 is 0 Å². The maximum Gasteiger partial charge on any atom is 0.0541 e. The Morgan fingerprint density at radius 2 is 1.02 bits per heavy atom. The molecule has 210 valence electrons. The van der Waals surface area contributed by atoms with Crippen LogP contribution in [0.15, 0.2) is 152 Å². The summed E-state index contributed by atoms with van der Waals surface area (Å²) < 4.78 is 5.08. The van der Waals surface area contributed by atoms with Crippen LogP contribution >= 0.6 is 11.3 Å². The summed E-state index contributed by atoms with van der Waals surface area (Å²) >= 11 is 1.87. The van der Waals surface area contributed by atoms with Crippen molar-refractivity contribution >= 4 is 75.1 Å². The molecule has 0 saturated carbocycles. The van der Waals surface area contributed by atoms with Crippen molar-refractivity contribution in [3.8, 4) is 27.9 Å². The zero-order valence-corrected chi connectivity index (χ0v) is 25.1. The molecule has 10 aromatic rings. The van der Waals surface area contributed by atoms with Gasteiger partial charge in [0.1, 0.15) is 0 Å². The van der Waals surface area contributed by atoms with Crippen molar-refractivity contribution in [2.24, 2.45) is 0 Å². The van der Waals surface area contributed by atoms with Crippen LogP contribution in [0.1, 0.15) is 0 Å². The molecule has 0 saturated heterocycles. The van der Waals surface area contributed by atoms with Crippen molar-refractivity contribution in [2.45, 2.75) is 0 Å². The average molecular weight is 591 g/mol. The van der Waals surface area contributed by atoms with Gasteiger partial charge in [-0.1, -0.05) is 97.1 Å². The highest BCUT2D eigenvalue weighted by atomic mass is 32.1. The zero-order chi connectivity index (χ0) is 29.5. The molecule has 3 heteroatoms. The van der Waals surface area contributed by atoms with Gasteiger partial charge >= 0.3 is 0 Å². The lowest BCUT2D eigenvalue weighted by Gasteiger charge is -2.11. The molecule has 0 amide bonds. The molecular formula is C42H26N2S. The van der Waals surface area contributed by atoms with E-state index in [9.17, 15) is 0 Å². The lowest BCUT2D eigenvalue weighted by Crippen LogP contribution is -1.94. The van der Waals surface area contributed by atoms with Crippen molar-refractivity contribution in [2.75, 3.05) is 0 Å². The predicted octanol–water partition coefficient (Wildman–Crippen LogP) is 12.1. The Morgan fingerprint density at radius 3 is 1.96 bits per heavy atom. The van der Waals surface area contributed by atoms with Gasteiger partial charge in [0.2, 0.25) is 0 Å². The monoisotopic (exact) mass is 590 g/mol. The molecule has 1 N–H and O–H groups in total. The van der Waals surface area contributed by atoms with E-state index in [0.717, 1.165) is 0 Å². The number of nitrogens with one attached hydrogen (secondary N) is 1. The van der Waals surface area contributed by atoms with E-state index >= 15 is 0 Å². The van der Waals surface area contributed by atoms with Gasteiger partial charge in [0, 0.05) is 58.4 Å². The lowest BCUT2D eigenvalue weighted by molar-refractivity contribution is 1.18. The van der Waals surface area contributed by atoms with Crippen molar-refractivity contribution in [1.82, 2.24) is 9.55 Å². The topological polar surface area (TPSA) is 20.7 Å². The van der Waals surface area contributed by atoms with E-state index in [2.05, 4.69) is 161 Å². The molecule has 0 radical (unpaired) electrons. The molecule has 0 aliphatic rings. The minimum atomic E-state index is 1.17. The van der Waals surface area contributed by atoms with Gasteiger partial charge in [0.05, 0.1) is 11.0 Å². The fraction of sp³-hybridized carbons (Fsp3) is 0. The SMILES string of the molecule is c1cc(-c2ccc3c(c2)sc2ccccc23)cc(-n2c3ccccc3c3cc(-c4ccc5c(c4)[nH]c4ccccc45)ccc32)c1. The quantitative estimate of drug-likeness (QED) is 0.211. The van der Waals surface area contributed by atoms with Crippen LogP contribution in [0.3, 0.4) is 0 Å². The smallest absolute Gasteiger partial charge is 0.0541 e. The maximum atomic E-state index is 3.61. The van der Waals surface area contributed by atoms with E-state index in [-0.39, 0.29) is 0 Å². The molecule has 3 heterocycles. The van der Waals surface area contributed by atoms with Crippen LogP contribution in [-0.4, -0.2) is 9.55 Å². The number of nitrogens with zero attached hydrogens (tertiary/aromatic N) is 1. The largest absolute Gasteiger partial charge is 0.354 e. The van der Waals surface area contributed by atoms with E-state index in [1.54, 1.807) is 0 Å². The van der Waals surface area contributed by atoms with E-state index in [1.807, 2.05) is 11.3 Å². The summed E-state index contributed by atoms with van der Waals surface area (Å²) in [4.78, 5) is 3.61. The minimum Gasteiger partial charge on any atom is -0.354 e. The summed E-state index contributed by atoms with van der Waals surface area (Å²) in [6.45, 7) is 0. The summed E-state index contributed by atoms with van der Waals surface area (Å²) in [5.74, 6) is 0. The van der Waals surface area contributed by atoms with Gasteiger partial charge < -0.3 is 9.55 Å². The number of fused-ring (bicyclic) bond motifs is 9. The van der Waals surface area contributed by atoms with Crippen LogP contribution in [0, 0.1) is 0 Å². The first-order valence-electron chi connectivity index (χ1n) is 15.3. The van der Waals surface area contributed by atoms with Gasteiger partial charge in [-0.15, -0.1) is 11.3 Å². The number of benzene rings is 7. The summed E-state index contributed by atoms with van der Waals surface area (Å²) in [5.41, 5.74) is 10.8. The second-order valence-electron chi connectivity index (χ2n) is 11.9. The predicted molar refractivity (Wildman–Crippen MR) is 194 cm³/mol. The Morgan fingerprint density at radius 1 is 0.378 bits per heavy atom. The van der Waals surface area contributed by atoms with Gasteiger partial charge in [-0.3, -0.25) is 0 Å². The van der Waals surface area contributed by atoms with Crippen LogP contribution in [0.5, 0.6) is 0 Å². The molecule has 7 aromatic carbocycles. The Hall–Kier alpha value is -5.64. The number of aromatic nitrogens is 2. The van der Waals surface area contributed by atoms with Crippen LogP contribution in [0.25, 0.3) is 91.7 Å². The van der Waals surface area contributed by atoms with Crippen LogP contribution in [0.2, 0.25) is 0 Å². The Bertz CT molecular complexity index is 2770. The number of H-pyrrole nitrogens is 1. The molecule has 2 nitrogen and oxygen atoms in total. The summed E-state index contributed by atoms with van der Waals surface area (Å²) in [6, 6.07) is 55.5. The van der Waals surface area contributed by atoms with Crippen molar-refractivity contribution in [3.05, 3.63) is 152 Å². The van der Waals surface area contributed by atoms with E-state index < -0.39 is 0 Å². The number of rotatable bonds is 3. The van der Waals surface area contributed by atoms with Gasteiger partial charge in [-0.05, 0) is 76.9 Å². The Balaban J connectivity index is 1.11. The molecule has 45 heavy (non-hydrogen) atoms. The zero-order valence-electron chi connectivity index (χ0n) is 24.3. The highest BCUT2D eigenvalue weighted by Gasteiger charge is 2.15. The Kier molecular flexibility index (Phi) is 5.19. The first-order chi connectivity index (χ1) is 22.3. The van der Waals surface area contributed by atoms with E-state index in [0.29, 0.717) is 0 Å². The molecular weight excluding hydrogens is 565 g/mol. The molecule has 10 rings (SSSR count). The molecule has 0 fully saturated rings. The number of thiophene rings is 1. The van der Waals surface area contributed by atoms with Gasteiger partial charge in [-0.2, -0.15) is 0 Å². The minimum absolute atomic E-state index is 1.17. The second kappa shape index (κ2) is 9.43. The van der Waals surface area contributed by atoms with Gasteiger partial charge in [-0.25, -0.2) is 0 Å². The molecule has 0 spiro atoms. The third-order valence-corrected chi connectivity index (χ3v) is 10.5. The fourth-order valence-corrected chi connectivity index (χ4v) is 8.34. The third kappa shape index (κ3) is 3.75. The summed E-state index contributed by atoms with van der Waals surface area (Å²) in [6.07, 6.45) is 0.